The molecule has 0 radical (unpaired) electrons. The minimum Gasteiger partial charge on any atom is -0.399 e. The van der Waals surface area contributed by atoms with Gasteiger partial charge >= 0.3 is 0 Å². The minimum absolute atomic E-state index is 0.404. The lowest BCUT2D eigenvalue weighted by atomic mass is 9.98. The highest BCUT2D eigenvalue weighted by molar-refractivity contribution is 7.19. The molecule has 0 bridgehead atoms. The maximum Gasteiger partial charge on any atom is 0.136 e. The van der Waals surface area contributed by atoms with Crippen LogP contribution in [0.5, 0.6) is 0 Å². The van der Waals surface area contributed by atoms with E-state index < -0.39 is 0 Å². The Morgan fingerprint density at radius 1 is 1.05 bits per heavy atom. The molecular weight excluding hydrogens is 268 g/mol. The van der Waals surface area contributed by atoms with Crippen molar-refractivity contribution >= 4 is 33.1 Å². The summed E-state index contributed by atoms with van der Waals surface area (Å²) in [6.07, 6.45) is 1.52. The largest absolute Gasteiger partial charge is 0.399 e. The highest BCUT2D eigenvalue weighted by Crippen LogP contribution is 2.43. The first-order valence-electron chi connectivity index (χ1n) is 6.46. The van der Waals surface area contributed by atoms with Crippen LogP contribution in [0.3, 0.4) is 0 Å². The molecule has 4 nitrogen and oxygen atoms in total. The molecule has 0 saturated carbocycles. The van der Waals surface area contributed by atoms with Crippen molar-refractivity contribution in [1.82, 2.24) is 9.97 Å². The average Bonchev–Trinajstić information content (AvgIpc) is 2.81. The number of benzene rings is 1. The number of nitrogens with two attached hydrogens (primary N) is 2. The zero-order valence-corrected chi connectivity index (χ0v) is 12.2. The molecule has 0 atom stereocenters. The molecule has 2 aromatic heterocycles. The molecule has 2 heterocycles. The smallest absolute Gasteiger partial charge is 0.136 e. The molecule has 0 fully saturated rings. The van der Waals surface area contributed by atoms with E-state index in [4.69, 9.17) is 11.5 Å². The number of rotatable bonds is 2. The quantitative estimate of drug-likeness (QED) is 0.704. The van der Waals surface area contributed by atoms with Crippen LogP contribution in [0.4, 0.5) is 11.5 Å². The summed E-state index contributed by atoms with van der Waals surface area (Å²) in [5.41, 5.74) is 14.8. The van der Waals surface area contributed by atoms with Gasteiger partial charge in [-0.05, 0) is 23.6 Å². The lowest BCUT2D eigenvalue weighted by molar-refractivity contribution is 0.892. The van der Waals surface area contributed by atoms with Gasteiger partial charge in [0.2, 0.25) is 0 Å². The standard InChI is InChI=1S/C15H16N4S/c1-8(2)13-11(9-3-5-10(16)6-4-9)12-14(17)18-7-19-15(12)20-13/h3-8H,16H2,1-2H3,(H2,17,18,19). The molecule has 1 aromatic carbocycles. The molecule has 0 aliphatic heterocycles. The Morgan fingerprint density at radius 3 is 2.40 bits per heavy atom. The van der Waals surface area contributed by atoms with Gasteiger partial charge in [-0.1, -0.05) is 26.0 Å². The van der Waals surface area contributed by atoms with Gasteiger partial charge in [0.25, 0.3) is 0 Å². The summed E-state index contributed by atoms with van der Waals surface area (Å²) in [4.78, 5) is 10.7. The van der Waals surface area contributed by atoms with Crippen molar-refractivity contribution in [2.75, 3.05) is 11.5 Å². The summed E-state index contributed by atoms with van der Waals surface area (Å²) in [6.45, 7) is 4.35. The third-order valence-corrected chi connectivity index (χ3v) is 4.67. The lowest BCUT2D eigenvalue weighted by Gasteiger charge is -2.08. The second-order valence-corrected chi connectivity index (χ2v) is 6.09. The van der Waals surface area contributed by atoms with E-state index in [0.29, 0.717) is 11.7 Å². The molecule has 0 amide bonds. The summed E-state index contributed by atoms with van der Waals surface area (Å²) in [5, 5.41) is 0.950. The Morgan fingerprint density at radius 2 is 1.75 bits per heavy atom. The molecule has 5 heteroatoms. The van der Waals surface area contributed by atoms with Crippen LogP contribution >= 0.6 is 11.3 Å². The minimum atomic E-state index is 0.404. The number of nitrogens with zero attached hydrogens (tertiary/aromatic N) is 2. The molecular formula is C15H16N4S. The highest BCUT2D eigenvalue weighted by Gasteiger charge is 2.19. The first-order chi connectivity index (χ1) is 9.58. The molecule has 0 unspecified atom stereocenters. The zero-order chi connectivity index (χ0) is 14.3. The maximum atomic E-state index is 6.07. The number of aromatic nitrogens is 2. The summed E-state index contributed by atoms with van der Waals surface area (Å²) >= 11 is 1.68. The van der Waals surface area contributed by atoms with Gasteiger partial charge in [0.05, 0.1) is 5.39 Å². The third-order valence-electron chi connectivity index (χ3n) is 3.27. The van der Waals surface area contributed by atoms with Crippen molar-refractivity contribution in [3.63, 3.8) is 0 Å². The number of nitrogen functional groups attached to an aromatic ring is 2. The Bertz CT molecular complexity index is 759. The number of anilines is 2. The molecule has 20 heavy (non-hydrogen) atoms. The Balaban J connectivity index is 2.36. The van der Waals surface area contributed by atoms with E-state index in [9.17, 15) is 0 Å². The topological polar surface area (TPSA) is 77.8 Å². The molecule has 0 aliphatic rings. The Kier molecular flexibility index (Phi) is 3.06. The van der Waals surface area contributed by atoms with Gasteiger partial charge in [-0.15, -0.1) is 11.3 Å². The van der Waals surface area contributed by atoms with Crippen LogP contribution in [0.25, 0.3) is 21.3 Å². The summed E-state index contributed by atoms with van der Waals surface area (Å²) in [5.74, 6) is 0.936. The van der Waals surface area contributed by atoms with Crippen LogP contribution in [0, 0.1) is 0 Å². The van der Waals surface area contributed by atoms with E-state index in [0.717, 1.165) is 27.0 Å². The van der Waals surface area contributed by atoms with E-state index in [-0.39, 0.29) is 0 Å². The van der Waals surface area contributed by atoms with Crippen molar-refractivity contribution in [3.05, 3.63) is 35.5 Å². The van der Waals surface area contributed by atoms with Gasteiger partial charge in [0, 0.05) is 16.1 Å². The van der Waals surface area contributed by atoms with Crippen LogP contribution in [-0.2, 0) is 0 Å². The predicted octanol–water partition coefficient (Wildman–Crippen LogP) is 3.65. The van der Waals surface area contributed by atoms with Crippen molar-refractivity contribution in [2.24, 2.45) is 0 Å². The SMILES string of the molecule is CC(C)c1sc2ncnc(N)c2c1-c1ccc(N)cc1. The van der Waals surface area contributed by atoms with E-state index in [1.807, 2.05) is 24.3 Å². The van der Waals surface area contributed by atoms with Gasteiger partial charge in [-0.3, -0.25) is 0 Å². The highest BCUT2D eigenvalue weighted by atomic mass is 32.1. The van der Waals surface area contributed by atoms with Crippen LogP contribution < -0.4 is 11.5 Å². The van der Waals surface area contributed by atoms with Crippen molar-refractivity contribution in [2.45, 2.75) is 19.8 Å². The molecule has 3 rings (SSSR count). The number of fused-ring (bicyclic) bond motifs is 1. The first kappa shape index (κ1) is 12.9. The molecule has 3 aromatic rings. The number of hydrogen-bond acceptors (Lipinski definition) is 5. The second kappa shape index (κ2) is 4.76. The fraction of sp³-hybridized carbons (Fsp3) is 0.200. The van der Waals surface area contributed by atoms with Crippen molar-refractivity contribution in [3.8, 4) is 11.1 Å². The molecule has 4 N–H and O–H groups in total. The maximum absolute atomic E-state index is 6.07. The molecule has 102 valence electrons. The van der Waals surface area contributed by atoms with E-state index >= 15 is 0 Å². The fourth-order valence-electron chi connectivity index (χ4n) is 2.32. The van der Waals surface area contributed by atoms with Gasteiger partial charge in [0.1, 0.15) is 17.0 Å². The average molecular weight is 284 g/mol. The van der Waals surface area contributed by atoms with Crippen LogP contribution in [0.2, 0.25) is 0 Å². The third kappa shape index (κ3) is 2.00. The van der Waals surface area contributed by atoms with Crippen LogP contribution in [0.1, 0.15) is 24.6 Å². The summed E-state index contributed by atoms with van der Waals surface area (Å²) < 4.78 is 0. The van der Waals surface area contributed by atoms with Crippen molar-refractivity contribution < 1.29 is 0 Å². The summed E-state index contributed by atoms with van der Waals surface area (Å²) in [6, 6.07) is 7.86. The second-order valence-electron chi connectivity index (χ2n) is 5.06. The molecule has 0 aliphatic carbocycles. The first-order valence-corrected chi connectivity index (χ1v) is 7.28. The van der Waals surface area contributed by atoms with E-state index in [1.54, 1.807) is 11.3 Å². The van der Waals surface area contributed by atoms with Crippen LogP contribution in [0.15, 0.2) is 30.6 Å². The monoisotopic (exact) mass is 284 g/mol. The van der Waals surface area contributed by atoms with Crippen LogP contribution in [-0.4, -0.2) is 9.97 Å². The van der Waals surface area contributed by atoms with E-state index in [2.05, 4.69) is 23.8 Å². The Labute approximate surface area is 121 Å². The van der Waals surface area contributed by atoms with Crippen molar-refractivity contribution in [1.29, 1.82) is 0 Å². The predicted molar refractivity (Wildman–Crippen MR) is 85.8 cm³/mol. The number of thiophene rings is 1. The van der Waals surface area contributed by atoms with E-state index in [1.165, 1.54) is 11.2 Å². The van der Waals surface area contributed by atoms with Gasteiger partial charge < -0.3 is 11.5 Å². The Hall–Kier alpha value is -2.14. The zero-order valence-electron chi connectivity index (χ0n) is 11.4. The van der Waals surface area contributed by atoms with Gasteiger partial charge in [-0.25, -0.2) is 9.97 Å². The normalized spacial score (nSPS) is 11.3. The summed E-state index contributed by atoms with van der Waals surface area (Å²) in [7, 11) is 0. The van der Waals surface area contributed by atoms with Gasteiger partial charge in [0.15, 0.2) is 0 Å². The fourth-order valence-corrected chi connectivity index (χ4v) is 3.49. The molecule has 0 saturated heterocycles. The number of hydrogen-bond donors (Lipinski definition) is 2. The lowest BCUT2D eigenvalue weighted by Crippen LogP contribution is -1.93. The van der Waals surface area contributed by atoms with Gasteiger partial charge in [-0.2, -0.15) is 0 Å². The molecule has 0 spiro atoms.